The van der Waals surface area contributed by atoms with Gasteiger partial charge in [0, 0.05) is 24.8 Å². The number of alkyl halides is 1. The Morgan fingerprint density at radius 1 is 1.17 bits per heavy atom. The van der Waals surface area contributed by atoms with E-state index in [4.69, 9.17) is 5.11 Å². The minimum absolute atomic E-state index is 0.131. The Balaban J connectivity index is 2.58. The third-order valence-electron chi connectivity index (χ3n) is 1.49. The molecule has 3 nitrogen and oxygen atoms in total. The van der Waals surface area contributed by atoms with Crippen LogP contribution in [0.4, 0.5) is 0 Å². The molecule has 1 rings (SSSR count). The summed E-state index contributed by atoms with van der Waals surface area (Å²) in [4.78, 5) is 0. The number of hydrogen-bond donors (Lipinski definition) is 1. The molecule has 4 heteroatoms. The van der Waals surface area contributed by atoms with Gasteiger partial charge in [-0.1, -0.05) is 15.9 Å². The van der Waals surface area contributed by atoms with Gasteiger partial charge in [-0.15, -0.1) is 0 Å². The van der Waals surface area contributed by atoms with E-state index < -0.39 is 0 Å². The molecule has 0 saturated carbocycles. The Morgan fingerprint density at radius 3 is 2.17 bits per heavy atom. The van der Waals surface area contributed by atoms with Crippen LogP contribution in [0.5, 0.6) is 0 Å². The van der Waals surface area contributed by atoms with Crippen molar-refractivity contribution in [2.24, 2.45) is 0 Å². The van der Waals surface area contributed by atoms with Crippen molar-refractivity contribution in [1.29, 1.82) is 0 Å². The van der Waals surface area contributed by atoms with Crippen LogP contribution in [-0.2, 0) is 12.8 Å². The standard InChI is InChI=1S/C8H11BrN2O/c9-5-3-7-1-2-8(4-6-12)11-10-7/h1-2,12H,3-6H2. The van der Waals surface area contributed by atoms with Gasteiger partial charge in [-0.25, -0.2) is 0 Å². The molecule has 0 amide bonds. The number of aliphatic hydroxyl groups is 1. The van der Waals surface area contributed by atoms with Crippen LogP contribution in [0.3, 0.4) is 0 Å². The van der Waals surface area contributed by atoms with Gasteiger partial charge in [-0.05, 0) is 12.1 Å². The maximum absolute atomic E-state index is 8.62. The van der Waals surface area contributed by atoms with Gasteiger partial charge in [0.25, 0.3) is 0 Å². The topological polar surface area (TPSA) is 46.0 Å². The summed E-state index contributed by atoms with van der Waals surface area (Å²) in [6, 6.07) is 3.85. The lowest BCUT2D eigenvalue weighted by Crippen LogP contribution is -1.99. The normalized spacial score (nSPS) is 10.2. The highest BCUT2D eigenvalue weighted by Crippen LogP contribution is 1.99. The van der Waals surface area contributed by atoms with Crippen LogP contribution in [0.15, 0.2) is 12.1 Å². The molecule has 0 radical (unpaired) electrons. The maximum Gasteiger partial charge on any atom is 0.0654 e. The summed E-state index contributed by atoms with van der Waals surface area (Å²) in [7, 11) is 0. The van der Waals surface area contributed by atoms with Gasteiger partial charge in [0.15, 0.2) is 0 Å². The molecular formula is C8H11BrN2O. The average Bonchev–Trinajstić information content (AvgIpc) is 2.09. The number of aromatic nitrogens is 2. The van der Waals surface area contributed by atoms with Crippen molar-refractivity contribution in [2.75, 3.05) is 11.9 Å². The molecule has 0 unspecified atom stereocenters. The van der Waals surface area contributed by atoms with Crippen molar-refractivity contribution in [3.63, 3.8) is 0 Å². The van der Waals surface area contributed by atoms with Crippen LogP contribution in [-0.4, -0.2) is 27.2 Å². The zero-order valence-electron chi connectivity index (χ0n) is 6.70. The smallest absolute Gasteiger partial charge is 0.0654 e. The van der Waals surface area contributed by atoms with Crippen LogP contribution in [0, 0.1) is 0 Å². The first-order chi connectivity index (χ1) is 5.86. The molecular weight excluding hydrogens is 220 g/mol. The molecule has 0 fully saturated rings. The second kappa shape index (κ2) is 5.22. The predicted molar refractivity (Wildman–Crippen MR) is 50.3 cm³/mol. The number of hydrogen-bond acceptors (Lipinski definition) is 3. The van der Waals surface area contributed by atoms with E-state index in [1.54, 1.807) is 0 Å². The molecule has 0 aliphatic rings. The quantitative estimate of drug-likeness (QED) is 0.784. The summed E-state index contributed by atoms with van der Waals surface area (Å²) in [5.41, 5.74) is 1.82. The maximum atomic E-state index is 8.62. The molecule has 1 aromatic heterocycles. The van der Waals surface area contributed by atoms with Crippen molar-refractivity contribution in [3.8, 4) is 0 Å². The Bertz CT molecular complexity index is 200. The highest BCUT2D eigenvalue weighted by Gasteiger charge is 1.96. The van der Waals surface area contributed by atoms with Crippen LogP contribution in [0.25, 0.3) is 0 Å². The van der Waals surface area contributed by atoms with Crippen molar-refractivity contribution in [3.05, 3.63) is 23.5 Å². The fourth-order valence-electron chi connectivity index (χ4n) is 0.866. The minimum atomic E-state index is 0.131. The second-order valence-corrected chi connectivity index (χ2v) is 3.22. The van der Waals surface area contributed by atoms with Crippen LogP contribution in [0.1, 0.15) is 11.4 Å². The largest absolute Gasteiger partial charge is 0.396 e. The molecule has 0 aliphatic carbocycles. The van der Waals surface area contributed by atoms with Crippen molar-refractivity contribution >= 4 is 15.9 Å². The van der Waals surface area contributed by atoms with Gasteiger partial charge in [0.2, 0.25) is 0 Å². The zero-order chi connectivity index (χ0) is 8.81. The summed E-state index contributed by atoms with van der Waals surface area (Å²) in [5.74, 6) is 0. The van der Waals surface area contributed by atoms with E-state index in [9.17, 15) is 0 Å². The van der Waals surface area contributed by atoms with Gasteiger partial charge in [0.05, 0.1) is 11.4 Å². The molecule has 66 valence electrons. The molecule has 0 aliphatic heterocycles. The van der Waals surface area contributed by atoms with Crippen LogP contribution >= 0.6 is 15.9 Å². The summed E-state index contributed by atoms with van der Waals surface area (Å²) >= 11 is 3.33. The molecule has 1 N–H and O–H groups in total. The number of nitrogens with zero attached hydrogens (tertiary/aromatic N) is 2. The highest BCUT2D eigenvalue weighted by atomic mass is 79.9. The molecule has 1 heterocycles. The van der Waals surface area contributed by atoms with Crippen LogP contribution in [0.2, 0.25) is 0 Å². The first-order valence-corrected chi connectivity index (χ1v) is 4.97. The molecule has 0 aromatic carbocycles. The summed E-state index contributed by atoms with van der Waals surface area (Å²) in [6.07, 6.45) is 1.48. The third-order valence-corrected chi connectivity index (χ3v) is 1.89. The minimum Gasteiger partial charge on any atom is -0.396 e. The van der Waals surface area contributed by atoms with E-state index in [1.807, 2.05) is 12.1 Å². The molecule has 0 bridgehead atoms. The fraction of sp³-hybridized carbons (Fsp3) is 0.500. The van der Waals surface area contributed by atoms with E-state index in [1.165, 1.54) is 0 Å². The summed E-state index contributed by atoms with van der Waals surface area (Å²) < 4.78 is 0. The third kappa shape index (κ3) is 2.87. The molecule has 0 atom stereocenters. The van der Waals surface area contributed by atoms with Gasteiger partial charge in [-0.2, -0.15) is 10.2 Å². The molecule has 0 spiro atoms. The lowest BCUT2D eigenvalue weighted by Gasteiger charge is -1.97. The van der Waals surface area contributed by atoms with Crippen molar-refractivity contribution < 1.29 is 5.11 Å². The van der Waals surface area contributed by atoms with E-state index >= 15 is 0 Å². The van der Waals surface area contributed by atoms with E-state index in [-0.39, 0.29) is 6.61 Å². The van der Waals surface area contributed by atoms with E-state index in [0.29, 0.717) is 6.42 Å². The first kappa shape index (κ1) is 9.61. The number of aliphatic hydroxyl groups excluding tert-OH is 1. The van der Waals surface area contributed by atoms with Gasteiger partial charge in [-0.3, -0.25) is 0 Å². The molecule has 0 saturated heterocycles. The van der Waals surface area contributed by atoms with Gasteiger partial charge >= 0.3 is 0 Å². The van der Waals surface area contributed by atoms with E-state index in [0.717, 1.165) is 23.1 Å². The zero-order valence-corrected chi connectivity index (χ0v) is 8.29. The SMILES string of the molecule is OCCc1ccc(CCBr)nn1. The monoisotopic (exact) mass is 230 g/mol. The second-order valence-electron chi connectivity index (χ2n) is 2.43. The first-order valence-electron chi connectivity index (χ1n) is 3.85. The van der Waals surface area contributed by atoms with Gasteiger partial charge in [0.1, 0.15) is 0 Å². The molecule has 1 aromatic rings. The van der Waals surface area contributed by atoms with Gasteiger partial charge < -0.3 is 5.11 Å². The Labute approximate surface area is 80.0 Å². The fourth-order valence-corrected chi connectivity index (χ4v) is 1.27. The number of aryl methyl sites for hydroxylation is 1. The predicted octanol–water partition coefficient (Wildman–Crippen LogP) is 0.949. The Morgan fingerprint density at radius 2 is 1.75 bits per heavy atom. The lowest BCUT2D eigenvalue weighted by molar-refractivity contribution is 0.297. The highest BCUT2D eigenvalue weighted by molar-refractivity contribution is 9.09. The van der Waals surface area contributed by atoms with Crippen molar-refractivity contribution in [2.45, 2.75) is 12.8 Å². The number of rotatable bonds is 4. The van der Waals surface area contributed by atoms with E-state index in [2.05, 4.69) is 26.1 Å². The average molecular weight is 231 g/mol. The Kier molecular flexibility index (Phi) is 4.18. The molecule has 12 heavy (non-hydrogen) atoms. The Hall–Kier alpha value is -0.480. The van der Waals surface area contributed by atoms with Crippen molar-refractivity contribution in [1.82, 2.24) is 10.2 Å². The lowest BCUT2D eigenvalue weighted by atomic mass is 10.2. The summed E-state index contributed by atoms with van der Waals surface area (Å²) in [6.45, 7) is 0.131. The summed E-state index contributed by atoms with van der Waals surface area (Å²) in [5, 5.41) is 17.5. The van der Waals surface area contributed by atoms with Crippen LogP contribution < -0.4 is 0 Å². The number of halogens is 1.